The Labute approximate surface area is 155 Å². The lowest BCUT2D eigenvalue weighted by molar-refractivity contribution is -0.134. The van der Waals surface area contributed by atoms with Crippen LogP contribution < -0.4 is 4.74 Å². The first-order valence-corrected chi connectivity index (χ1v) is 9.20. The second-order valence-electron chi connectivity index (χ2n) is 6.65. The van der Waals surface area contributed by atoms with E-state index in [1.54, 1.807) is 24.3 Å². The molecular weight excluding hydrogens is 324 g/mol. The smallest absolute Gasteiger partial charge is 0.260 e. The SMILES string of the molecule is CC[C@H](c1ccccc1)[C@H]1CCCN1C(=O)COc1ccc(C#N)cc1. The van der Waals surface area contributed by atoms with Gasteiger partial charge in [0.15, 0.2) is 6.61 Å². The third kappa shape index (κ3) is 4.05. The van der Waals surface area contributed by atoms with E-state index in [9.17, 15) is 4.79 Å². The fourth-order valence-corrected chi connectivity index (χ4v) is 3.80. The van der Waals surface area contributed by atoms with Crippen molar-refractivity contribution in [3.63, 3.8) is 0 Å². The number of hydrogen-bond donors (Lipinski definition) is 0. The van der Waals surface area contributed by atoms with E-state index in [4.69, 9.17) is 10.00 Å². The van der Waals surface area contributed by atoms with Crippen molar-refractivity contribution in [3.8, 4) is 11.8 Å². The van der Waals surface area contributed by atoms with Gasteiger partial charge in [-0.2, -0.15) is 5.26 Å². The van der Waals surface area contributed by atoms with Gasteiger partial charge in [0, 0.05) is 18.5 Å². The van der Waals surface area contributed by atoms with Crippen LogP contribution in [0.1, 0.15) is 43.2 Å². The number of nitrogens with zero attached hydrogens (tertiary/aromatic N) is 2. The Morgan fingerprint density at radius 3 is 2.62 bits per heavy atom. The number of hydrogen-bond acceptors (Lipinski definition) is 3. The van der Waals surface area contributed by atoms with Crippen LogP contribution in [0.2, 0.25) is 0 Å². The summed E-state index contributed by atoms with van der Waals surface area (Å²) in [6.07, 6.45) is 3.08. The molecule has 1 fully saturated rings. The van der Waals surface area contributed by atoms with Crippen LogP contribution in [0.25, 0.3) is 0 Å². The molecule has 2 aromatic carbocycles. The summed E-state index contributed by atoms with van der Waals surface area (Å²) in [4.78, 5) is 14.7. The zero-order valence-corrected chi connectivity index (χ0v) is 15.1. The number of rotatable bonds is 6. The fourth-order valence-electron chi connectivity index (χ4n) is 3.80. The lowest BCUT2D eigenvalue weighted by Crippen LogP contribution is -2.41. The summed E-state index contributed by atoms with van der Waals surface area (Å²) in [6.45, 7) is 3.02. The standard InChI is InChI=1S/C22H24N2O2/c1-2-20(18-7-4-3-5-8-18)21-9-6-14-24(21)22(25)16-26-19-12-10-17(15-23)11-13-19/h3-5,7-8,10-13,20-21H,2,6,9,14,16H2,1H3/t20-,21-/m1/s1. The van der Waals surface area contributed by atoms with Gasteiger partial charge in [-0.3, -0.25) is 4.79 Å². The van der Waals surface area contributed by atoms with Gasteiger partial charge in [-0.15, -0.1) is 0 Å². The molecule has 0 unspecified atom stereocenters. The highest BCUT2D eigenvalue weighted by atomic mass is 16.5. The quantitative estimate of drug-likeness (QED) is 0.789. The van der Waals surface area contributed by atoms with Crippen LogP contribution >= 0.6 is 0 Å². The Morgan fingerprint density at radius 1 is 1.23 bits per heavy atom. The molecule has 26 heavy (non-hydrogen) atoms. The summed E-state index contributed by atoms with van der Waals surface area (Å²) >= 11 is 0. The lowest BCUT2D eigenvalue weighted by Gasteiger charge is -2.31. The maximum atomic E-state index is 12.8. The highest BCUT2D eigenvalue weighted by Crippen LogP contribution is 2.33. The first kappa shape index (κ1) is 18.0. The summed E-state index contributed by atoms with van der Waals surface area (Å²) in [5.41, 5.74) is 1.88. The van der Waals surface area contributed by atoms with Crippen LogP contribution in [0.15, 0.2) is 54.6 Å². The van der Waals surface area contributed by atoms with Crippen molar-refractivity contribution >= 4 is 5.91 Å². The molecule has 2 aromatic rings. The van der Waals surface area contributed by atoms with Gasteiger partial charge in [-0.1, -0.05) is 37.3 Å². The van der Waals surface area contributed by atoms with Crippen molar-refractivity contribution in [1.82, 2.24) is 4.90 Å². The van der Waals surface area contributed by atoms with Gasteiger partial charge in [-0.25, -0.2) is 0 Å². The zero-order chi connectivity index (χ0) is 18.4. The Balaban J connectivity index is 1.65. The van der Waals surface area contributed by atoms with Crippen molar-refractivity contribution in [2.75, 3.05) is 13.2 Å². The third-order valence-electron chi connectivity index (χ3n) is 5.10. The molecule has 1 aliphatic rings. The van der Waals surface area contributed by atoms with Crippen molar-refractivity contribution in [2.24, 2.45) is 0 Å². The Kier molecular flexibility index (Phi) is 5.91. The van der Waals surface area contributed by atoms with Crippen molar-refractivity contribution < 1.29 is 9.53 Å². The van der Waals surface area contributed by atoms with Crippen LogP contribution in [-0.4, -0.2) is 30.0 Å². The highest BCUT2D eigenvalue weighted by molar-refractivity contribution is 5.78. The highest BCUT2D eigenvalue weighted by Gasteiger charge is 2.34. The number of carbonyl (C=O) groups excluding carboxylic acids is 1. The van der Waals surface area contributed by atoms with Crippen molar-refractivity contribution in [1.29, 1.82) is 5.26 Å². The average molecular weight is 348 g/mol. The topological polar surface area (TPSA) is 53.3 Å². The minimum absolute atomic E-state index is 0.0336. The molecule has 0 spiro atoms. The van der Waals surface area contributed by atoms with E-state index < -0.39 is 0 Å². The van der Waals surface area contributed by atoms with E-state index in [0.29, 0.717) is 17.2 Å². The largest absolute Gasteiger partial charge is 0.484 e. The Hall–Kier alpha value is -2.80. The summed E-state index contributed by atoms with van der Waals surface area (Å²) in [6, 6.07) is 19.6. The number of nitriles is 1. The van der Waals surface area contributed by atoms with Crippen molar-refractivity contribution in [2.45, 2.75) is 38.1 Å². The Morgan fingerprint density at radius 2 is 1.96 bits per heavy atom. The predicted octanol–water partition coefficient (Wildman–Crippen LogP) is 4.12. The van der Waals surface area contributed by atoms with E-state index in [-0.39, 0.29) is 18.6 Å². The number of carbonyl (C=O) groups is 1. The second kappa shape index (κ2) is 8.53. The first-order valence-electron chi connectivity index (χ1n) is 9.20. The van der Waals surface area contributed by atoms with E-state index in [1.807, 2.05) is 11.0 Å². The molecular formula is C22H24N2O2. The maximum Gasteiger partial charge on any atom is 0.260 e. The van der Waals surface area contributed by atoms with Gasteiger partial charge in [0.1, 0.15) is 5.75 Å². The van der Waals surface area contributed by atoms with Gasteiger partial charge < -0.3 is 9.64 Å². The first-order chi connectivity index (χ1) is 12.7. The maximum absolute atomic E-state index is 12.8. The number of ether oxygens (including phenoxy) is 1. The van der Waals surface area contributed by atoms with Gasteiger partial charge in [0.2, 0.25) is 0 Å². The number of benzene rings is 2. The van der Waals surface area contributed by atoms with Crippen LogP contribution in [0, 0.1) is 11.3 Å². The predicted molar refractivity (Wildman–Crippen MR) is 101 cm³/mol. The van der Waals surface area contributed by atoms with Crippen LogP contribution in [-0.2, 0) is 4.79 Å². The van der Waals surface area contributed by atoms with Gasteiger partial charge >= 0.3 is 0 Å². The van der Waals surface area contributed by atoms with Crippen LogP contribution in [0.4, 0.5) is 0 Å². The molecule has 134 valence electrons. The molecule has 1 amide bonds. The van der Waals surface area contributed by atoms with Gasteiger partial charge in [0.25, 0.3) is 5.91 Å². The molecule has 0 radical (unpaired) electrons. The van der Waals surface area contributed by atoms with Crippen molar-refractivity contribution in [3.05, 3.63) is 65.7 Å². The Bertz CT molecular complexity index is 765. The minimum atomic E-state index is 0.0336. The molecule has 1 heterocycles. The monoisotopic (exact) mass is 348 g/mol. The second-order valence-corrected chi connectivity index (χ2v) is 6.65. The molecule has 0 saturated carbocycles. The van der Waals surface area contributed by atoms with E-state index in [2.05, 4.69) is 37.3 Å². The molecule has 0 aliphatic carbocycles. The molecule has 0 N–H and O–H groups in total. The summed E-state index contributed by atoms with van der Waals surface area (Å²) in [5.74, 6) is 1.01. The summed E-state index contributed by atoms with van der Waals surface area (Å²) < 4.78 is 5.65. The summed E-state index contributed by atoms with van der Waals surface area (Å²) in [5, 5.41) is 8.84. The van der Waals surface area contributed by atoms with E-state index >= 15 is 0 Å². The van der Waals surface area contributed by atoms with Crippen LogP contribution in [0.5, 0.6) is 5.75 Å². The van der Waals surface area contributed by atoms with E-state index in [1.165, 1.54) is 5.56 Å². The molecule has 3 rings (SSSR count). The zero-order valence-electron chi connectivity index (χ0n) is 15.1. The molecule has 2 atom stereocenters. The van der Waals surface area contributed by atoms with E-state index in [0.717, 1.165) is 25.8 Å². The average Bonchev–Trinajstić information content (AvgIpc) is 3.17. The van der Waals surface area contributed by atoms with Gasteiger partial charge in [0.05, 0.1) is 11.6 Å². The number of amides is 1. The molecule has 0 aromatic heterocycles. The molecule has 1 aliphatic heterocycles. The third-order valence-corrected chi connectivity index (χ3v) is 5.10. The fraction of sp³-hybridized carbons (Fsp3) is 0.364. The number of likely N-dealkylation sites (tertiary alicyclic amines) is 1. The molecule has 4 nitrogen and oxygen atoms in total. The normalized spacial score (nSPS) is 17.5. The minimum Gasteiger partial charge on any atom is -0.484 e. The summed E-state index contributed by atoms with van der Waals surface area (Å²) in [7, 11) is 0. The van der Waals surface area contributed by atoms with Gasteiger partial charge in [-0.05, 0) is 49.1 Å². The molecule has 4 heteroatoms. The lowest BCUT2D eigenvalue weighted by atomic mass is 9.87. The molecule has 1 saturated heterocycles. The van der Waals surface area contributed by atoms with Crippen LogP contribution in [0.3, 0.4) is 0 Å². The molecule has 0 bridgehead atoms.